The van der Waals surface area contributed by atoms with Crippen molar-refractivity contribution >= 4 is 39.7 Å². The summed E-state index contributed by atoms with van der Waals surface area (Å²) >= 11 is 1.22. The summed E-state index contributed by atoms with van der Waals surface area (Å²) in [5.74, 6) is 0.790. The number of ether oxygens (including phenoxy) is 1. The maximum Gasteiger partial charge on any atom is 0.199 e. The molecule has 0 unspecified atom stereocenters. The number of allylic oxidation sites excluding steroid dienone is 5. The molecule has 1 heterocycles. The third-order valence-electron chi connectivity index (χ3n) is 5.20. The number of benzene rings is 2. The normalized spacial score (nSPS) is 13.1. The molecule has 1 aliphatic carbocycles. The SMILES string of the molecule is COc1ccc2nsnc2c1C(=C1C=CC(=[N+](C)C)C=C1)c1ccc(N(C)C)cc1. The van der Waals surface area contributed by atoms with Crippen LogP contribution >= 0.6 is 11.7 Å². The standard InChI is InChI=1S/C24H25N4OS/c1-27(2)18-10-6-16(7-11-18)22(17-8-12-19(13-9-17)28(3)4)23-21(29-5)15-14-20-24(23)26-30-25-20/h6-15H,1-5H3/q+1. The van der Waals surface area contributed by atoms with Crippen molar-refractivity contribution in [1.29, 1.82) is 0 Å². The third-order valence-corrected chi connectivity index (χ3v) is 5.75. The van der Waals surface area contributed by atoms with Gasteiger partial charge in [-0.1, -0.05) is 12.1 Å². The fourth-order valence-electron chi connectivity index (χ4n) is 3.55. The molecule has 3 aromatic rings. The summed E-state index contributed by atoms with van der Waals surface area (Å²) in [4.78, 5) is 2.10. The molecular weight excluding hydrogens is 392 g/mol. The Bertz CT molecular complexity index is 1190. The molecule has 5 nitrogen and oxygen atoms in total. The maximum atomic E-state index is 5.77. The van der Waals surface area contributed by atoms with Crippen molar-refractivity contribution in [2.24, 2.45) is 0 Å². The summed E-state index contributed by atoms with van der Waals surface area (Å²) < 4.78 is 16.9. The quantitative estimate of drug-likeness (QED) is 0.590. The molecule has 0 spiro atoms. The first-order valence-corrected chi connectivity index (χ1v) is 10.4. The Morgan fingerprint density at radius 1 is 0.933 bits per heavy atom. The van der Waals surface area contributed by atoms with Crippen LogP contribution in [0.15, 0.2) is 66.3 Å². The van der Waals surface area contributed by atoms with E-state index in [1.54, 1.807) is 7.11 Å². The van der Waals surface area contributed by atoms with Gasteiger partial charge in [0, 0.05) is 37.5 Å². The molecular formula is C24H25N4OS+. The van der Waals surface area contributed by atoms with Gasteiger partial charge in [0.25, 0.3) is 0 Å². The van der Waals surface area contributed by atoms with Crippen LogP contribution in [0.1, 0.15) is 11.1 Å². The van der Waals surface area contributed by atoms with Gasteiger partial charge in [0.1, 0.15) is 30.9 Å². The van der Waals surface area contributed by atoms with Crippen LogP contribution in [0.4, 0.5) is 5.69 Å². The third kappa shape index (κ3) is 3.66. The number of anilines is 1. The first kappa shape index (κ1) is 20.0. The van der Waals surface area contributed by atoms with Gasteiger partial charge in [-0.2, -0.15) is 8.75 Å². The number of fused-ring (bicyclic) bond motifs is 1. The van der Waals surface area contributed by atoms with Crippen molar-refractivity contribution in [2.45, 2.75) is 0 Å². The van der Waals surface area contributed by atoms with Gasteiger partial charge in [0.2, 0.25) is 0 Å². The van der Waals surface area contributed by atoms with Crippen molar-refractivity contribution < 1.29 is 9.31 Å². The van der Waals surface area contributed by atoms with E-state index in [1.165, 1.54) is 11.7 Å². The first-order valence-electron chi connectivity index (χ1n) is 9.71. The molecule has 0 saturated heterocycles. The van der Waals surface area contributed by atoms with Crippen LogP contribution in [-0.4, -0.2) is 54.3 Å². The number of hydrogen-bond acceptors (Lipinski definition) is 5. The molecule has 0 aliphatic heterocycles. The minimum atomic E-state index is 0.790. The molecule has 0 fully saturated rings. The van der Waals surface area contributed by atoms with Crippen LogP contribution in [0, 0.1) is 0 Å². The molecule has 0 saturated carbocycles. The Kier molecular flexibility index (Phi) is 5.50. The lowest BCUT2D eigenvalue weighted by Crippen LogP contribution is -2.10. The lowest BCUT2D eigenvalue weighted by molar-refractivity contribution is -0.462. The summed E-state index contributed by atoms with van der Waals surface area (Å²) in [6.07, 6.45) is 8.58. The number of methoxy groups -OCH3 is 1. The molecule has 0 amide bonds. The first-order chi connectivity index (χ1) is 14.5. The highest BCUT2D eigenvalue weighted by atomic mass is 32.1. The number of rotatable bonds is 4. The van der Waals surface area contributed by atoms with Crippen molar-refractivity contribution in [3.05, 3.63) is 77.4 Å². The van der Waals surface area contributed by atoms with E-state index >= 15 is 0 Å². The number of aromatic nitrogens is 2. The highest BCUT2D eigenvalue weighted by Gasteiger charge is 2.21. The zero-order valence-electron chi connectivity index (χ0n) is 17.9. The van der Waals surface area contributed by atoms with Crippen molar-refractivity contribution in [3.8, 4) is 5.75 Å². The summed E-state index contributed by atoms with van der Waals surface area (Å²) in [6.45, 7) is 0. The zero-order chi connectivity index (χ0) is 21.3. The fraction of sp³-hybridized carbons (Fsp3) is 0.208. The molecule has 1 aromatic heterocycles. The average molecular weight is 418 g/mol. The molecule has 0 N–H and O–H groups in total. The maximum absolute atomic E-state index is 5.77. The van der Waals surface area contributed by atoms with Gasteiger partial charge in [-0.3, -0.25) is 0 Å². The molecule has 152 valence electrons. The Balaban J connectivity index is 2.00. The molecule has 4 rings (SSSR count). The number of hydrogen-bond donors (Lipinski definition) is 0. The molecule has 0 radical (unpaired) electrons. The van der Waals surface area contributed by atoms with Crippen LogP contribution in [-0.2, 0) is 0 Å². The average Bonchev–Trinajstić information content (AvgIpc) is 3.24. The van der Waals surface area contributed by atoms with E-state index in [2.05, 4.69) is 66.8 Å². The molecule has 0 bridgehead atoms. The summed E-state index contributed by atoms with van der Waals surface area (Å²) in [5, 5.41) is 0. The Labute approximate surface area is 181 Å². The second-order valence-corrected chi connectivity index (χ2v) is 8.06. The highest BCUT2D eigenvalue weighted by molar-refractivity contribution is 7.00. The van der Waals surface area contributed by atoms with E-state index in [0.717, 1.165) is 50.5 Å². The van der Waals surface area contributed by atoms with Gasteiger partial charge < -0.3 is 9.64 Å². The molecule has 0 atom stereocenters. The lowest BCUT2D eigenvalue weighted by Gasteiger charge is -2.18. The van der Waals surface area contributed by atoms with Gasteiger partial charge in [-0.05, 0) is 47.6 Å². The van der Waals surface area contributed by atoms with Gasteiger partial charge >= 0.3 is 0 Å². The van der Waals surface area contributed by atoms with E-state index in [4.69, 9.17) is 4.74 Å². The molecule has 30 heavy (non-hydrogen) atoms. The monoisotopic (exact) mass is 417 g/mol. The van der Waals surface area contributed by atoms with Crippen molar-refractivity contribution in [2.75, 3.05) is 40.2 Å². The van der Waals surface area contributed by atoms with E-state index in [0.29, 0.717) is 0 Å². The van der Waals surface area contributed by atoms with Gasteiger partial charge in [-0.25, -0.2) is 4.58 Å². The summed E-state index contributed by atoms with van der Waals surface area (Å²) in [6, 6.07) is 12.5. The molecule has 6 heteroatoms. The van der Waals surface area contributed by atoms with E-state index in [-0.39, 0.29) is 0 Å². The number of nitrogens with zero attached hydrogens (tertiary/aromatic N) is 4. The van der Waals surface area contributed by atoms with Crippen LogP contribution in [0.5, 0.6) is 5.75 Å². The fourth-order valence-corrected chi connectivity index (χ4v) is 4.10. The van der Waals surface area contributed by atoms with E-state index in [1.807, 2.05) is 40.3 Å². The zero-order valence-corrected chi connectivity index (χ0v) is 18.7. The van der Waals surface area contributed by atoms with E-state index in [9.17, 15) is 0 Å². The van der Waals surface area contributed by atoms with Crippen LogP contribution in [0.2, 0.25) is 0 Å². The second-order valence-electron chi connectivity index (χ2n) is 7.53. The topological polar surface area (TPSA) is 41.3 Å². The van der Waals surface area contributed by atoms with Crippen LogP contribution in [0.25, 0.3) is 16.6 Å². The lowest BCUT2D eigenvalue weighted by atomic mass is 9.89. The second kappa shape index (κ2) is 8.24. The van der Waals surface area contributed by atoms with Crippen molar-refractivity contribution in [1.82, 2.24) is 8.75 Å². The molecule has 2 aromatic carbocycles. The van der Waals surface area contributed by atoms with Gasteiger partial charge in [0.05, 0.1) is 24.4 Å². The highest BCUT2D eigenvalue weighted by Crippen LogP contribution is 2.39. The van der Waals surface area contributed by atoms with E-state index < -0.39 is 0 Å². The minimum Gasteiger partial charge on any atom is -0.496 e. The van der Waals surface area contributed by atoms with Crippen LogP contribution in [0.3, 0.4) is 0 Å². The van der Waals surface area contributed by atoms with Crippen molar-refractivity contribution in [3.63, 3.8) is 0 Å². The van der Waals surface area contributed by atoms with Gasteiger partial charge in [0.15, 0.2) is 5.71 Å². The van der Waals surface area contributed by atoms with Crippen LogP contribution < -0.4 is 9.64 Å². The largest absolute Gasteiger partial charge is 0.496 e. The summed E-state index contributed by atoms with van der Waals surface area (Å²) in [7, 11) is 9.88. The Hall–Kier alpha value is -3.25. The predicted molar refractivity (Wildman–Crippen MR) is 126 cm³/mol. The predicted octanol–water partition coefficient (Wildman–Crippen LogP) is 4.41. The smallest absolute Gasteiger partial charge is 0.199 e. The minimum absolute atomic E-state index is 0.790. The Morgan fingerprint density at radius 2 is 1.63 bits per heavy atom. The Morgan fingerprint density at radius 3 is 2.23 bits per heavy atom. The molecule has 1 aliphatic rings. The van der Waals surface area contributed by atoms with Gasteiger partial charge in [-0.15, -0.1) is 0 Å². The summed E-state index contributed by atoms with van der Waals surface area (Å²) in [5.41, 5.74) is 8.32.